The van der Waals surface area contributed by atoms with Crippen molar-refractivity contribution in [2.24, 2.45) is 0 Å². The zero-order valence-electron chi connectivity index (χ0n) is 9.05. The highest BCUT2D eigenvalue weighted by atomic mass is 35.5. The predicted molar refractivity (Wildman–Crippen MR) is 69.9 cm³/mol. The van der Waals surface area contributed by atoms with E-state index in [-0.39, 0.29) is 0 Å². The Bertz CT molecular complexity index is 587. The number of hydrogen-bond donors (Lipinski definition) is 0. The molecule has 1 aromatic carbocycles. The van der Waals surface area contributed by atoms with Crippen molar-refractivity contribution in [2.45, 2.75) is 0 Å². The molecule has 0 amide bonds. The van der Waals surface area contributed by atoms with Gasteiger partial charge in [0, 0.05) is 17.6 Å². The molecule has 0 spiro atoms. The minimum Gasteiger partial charge on any atom is -0.495 e. The highest BCUT2D eigenvalue weighted by Crippen LogP contribution is 2.43. The number of hydrogen-bond acceptors (Lipinski definition) is 3. The summed E-state index contributed by atoms with van der Waals surface area (Å²) in [5.41, 5.74) is 0.549. The van der Waals surface area contributed by atoms with Crippen LogP contribution < -0.4 is 9.47 Å². The number of rotatable bonds is 2. The first kappa shape index (κ1) is 12.6. The topological polar surface area (TPSA) is 31.4 Å². The first-order valence-corrected chi connectivity index (χ1v) is 5.77. The summed E-state index contributed by atoms with van der Waals surface area (Å²) in [5.74, 6) is 0.988. The maximum Gasteiger partial charge on any atom is 0.148 e. The number of ether oxygens (including phenoxy) is 2. The number of fused-ring (bicyclic) bond motifs is 1. The Balaban J connectivity index is 2.95. The molecular weight excluding hydrogens is 284 g/mol. The van der Waals surface area contributed by atoms with E-state index in [1.807, 2.05) is 0 Å². The summed E-state index contributed by atoms with van der Waals surface area (Å²) in [4.78, 5) is 4.17. The fourth-order valence-corrected chi connectivity index (χ4v) is 2.27. The molecule has 0 bridgehead atoms. The summed E-state index contributed by atoms with van der Waals surface area (Å²) >= 11 is 18.2. The lowest BCUT2D eigenvalue weighted by Gasteiger charge is -2.12. The maximum absolute atomic E-state index is 6.18. The van der Waals surface area contributed by atoms with E-state index in [1.165, 1.54) is 20.4 Å². The lowest BCUT2D eigenvalue weighted by Crippen LogP contribution is -1.93. The SMILES string of the molecule is COc1cc(OC)c2ncc(Cl)c(Cl)c2c1Cl. The van der Waals surface area contributed by atoms with Crippen LogP contribution in [0.25, 0.3) is 10.9 Å². The molecule has 0 saturated carbocycles. The normalized spacial score (nSPS) is 10.6. The van der Waals surface area contributed by atoms with Gasteiger partial charge in [-0.3, -0.25) is 4.98 Å². The molecule has 0 N–H and O–H groups in total. The van der Waals surface area contributed by atoms with Gasteiger partial charge >= 0.3 is 0 Å². The van der Waals surface area contributed by atoms with Crippen LogP contribution in [0.15, 0.2) is 12.3 Å². The van der Waals surface area contributed by atoms with Gasteiger partial charge in [-0.1, -0.05) is 34.8 Å². The summed E-state index contributed by atoms with van der Waals surface area (Å²) in [6, 6.07) is 1.65. The maximum atomic E-state index is 6.18. The van der Waals surface area contributed by atoms with Crippen LogP contribution >= 0.6 is 34.8 Å². The molecule has 1 aromatic heterocycles. The Morgan fingerprint density at radius 3 is 2.24 bits per heavy atom. The Morgan fingerprint density at radius 1 is 1.00 bits per heavy atom. The summed E-state index contributed by atoms with van der Waals surface area (Å²) in [7, 11) is 3.05. The van der Waals surface area contributed by atoms with E-state index in [4.69, 9.17) is 44.3 Å². The molecule has 3 nitrogen and oxygen atoms in total. The minimum atomic E-state index is 0.330. The molecule has 2 rings (SSSR count). The first-order valence-electron chi connectivity index (χ1n) is 4.64. The lowest BCUT2D eigenvalue weighted by molar-refractivity contribution is 0.397. The second kappa shape index (κ2) is 4.77. The molecule has 0 unspecified atom stereocenters. The van der Waals surface area contributed by atoms with E-state index >= 15 is 0 Å². The molecule has 0 radical (unpaired) electrons. The van der Waals surface area contributed by atoms with E-state index in [0.29, 0.717) is 37.5 Å². The molecule has 0 aliphatic rings. The molecule has 0 fully saturated rings. The lowest BCUT2D eigenvalue weighted by atomic mass is 10.2. The zero-order chi connectivity index (χ0) is 12.6. The molecule has 0 aliphatic heterocycles. The standard InChI is InChI=1S/C11H8Cl3NO2/c1-16-6-3-7(17-2)11-8(10(6)14)9(13)5(12)4-15-11/h3-4H,1-2H3. The van der Waals surface area contributed by atoms with Crippen molar-refractivity contribution in [1.82, 2.24) is 4.98 Å². The third kappa shape index (κ3) is 1.99. The van der Waals surface area contributed by atoms with E-state index in [2.05, 4.69) is 4.98 Å². The minimum absolute atomic E-state index is 0.330. The van der Waals surface area contributed by atoms with Gasteiger partial charge < -0.3 is 9.47 Å². The van der Waals surface area contributed by atoms with E-state index in [0.717, 1.165) is 0 Å². The van der Waals surface area contributed by atoms with Crippen molar-refractivity contribution in [3.63, 3.8) is 0 Å². The van der Waals surface area contributed by atoms with Gasteiger partial charge in [-0.15, -0.1) is 0 Å². The molecule has 2 aromatic rings. The molecule has 0 saturated heterocycles. The fourth-order valence-electron chi connectivity index (χ4n) is 1.53. The third-order valence-corrected chi connectivity index (χ3v) is 3.50. The van der Waals surface area contributed by atoms with Crippen LogP contribution in [0.2, 0.25) is 15.1 Å². The highest BCUT2D eigenvalue weighted by Gasteiger charge is 2.17. The molecular formula is C11H8Cl3NO2. The Hall–Kier alpha value is -0.900. The van der Waals surface area contributed by atoms with Gasteiger partial charge in [-0.25, -0.2) is 0 Å². The van der Waals surface area contributed by atoms with Gasteiger partial charge in [0.15, 0.2) is 0 Å². The second-order valence-electron chi connectivity index (χ2n) is 3.24. The van der Waals surface area contributed by atoms with Crippen LogP contribution in [-0.2, 0) is 0 Å². The molecule has 0 atom stereocenters. The number of aromatic nitrogens is 1. The molecule has 6 heteroatoms. The van der Waals surface area contributed by atoms with Crippen molar-refractivity contribution in [3.8, 4) is 11.5 Å². The van der Waals surface area contributed by atoms with Crippen LogP contribution in [0.1, 0.15) is 0 Å². The monoisotopic (exact) mass is 291 g/mol. The average Bonchev–Trinajstić information content (AvgIpc) is 2.34. The van der Waals surface area contributed by atoms with E-state index in [9.17, 15) is 0 Å². The quantitative estimate of drug-likeness (QED) is 0.831. The molecule has 17 heavy (non-hydrogen) atoms. The van der Waals surface area contributed by atoms with Crippen LogP contribution in [0.3, 0.4) is 0 Å². The molecule has 1 heterocycles. The van der Waals surface area contributed by atoms with Crippen molar-refractivity contribution in [1.29, 1.82) is 0 Å². The summed E-state index contributed by atoms with van der Waals surface area (Å²) in [6.45, 7) is 0. The zero-order valence-corrected chi connectivity index (χ0v) is 11.3. The number of benzene rings is 1. The van der Waals surface area contributed by atoms with Crippen LogP contribution in [0, 0.1) is 0 Å². The predicted octanol–water partition coefficient (Wildman–Crippen LogP) is 4.21. The van der Waals surface area contributed by atoms with Crippen LogP contribution in [0.4, 0.5) is 0 Å². The number of pyridine rings is 1. The Kier molecular flexibility index (Phi) is 3.52. The van der Waals surface area contributed by atoms with Gasteiger partial charge in [0.05, 0.1) is 29.3 Å². The van der Waals surface area contributed by atoms with Gasteiger partial charge in [0.1, 0.15) is 17.0 Å². The molecule has 90 valence electrons. The van der Waals surface area contributed by atoms with Crippen molar-refractivity contribution in [2.75, 3.05) is 14.2 Å². The number of halogens is 3. The number of nitrogens with zero attached hydrogens (tertiary/aromatic N) is 1. The van der Waals surface area contributed by atoms with Crippen molar-refractivity contribution in [3.05, 3.63) is 27.3 Å². The van der Waals surface area contributed by atoms with Gasteiger partial charge in [0.25, 0.3) is 0 Å². The van der Waals surface area contributed by atoms with E-state index < -0.39 is 0 Å². The van der Waals surface area contributed by atoms with Gasteiger partial charge in [-0.05, 0) is 0 Å². The van der Waals surface area contributed by atoms with Gasteiger partial charge in [0.2, 0.25) is 0 Å². The van der Waals surface area contributed by atoms with Crippen LogP contribution in [-0.4, -0.2) is 19.2 Å². The van der Waals surface area contributed by atoms with E-state index in [1.54, 1.807) is 6.07 Å². The fraction of sp³-hybridized carbons (Fsp3) is 0.182. The highest BCUT2D eigenvalue weighted by molar-refractivity contribution is 6.48. The Labute approximate surface area is 113 Å². The van der Waals surface area contributed by atoms with Crippen molar-refractivity contribution < 1.29 is 9.47 Å². The Morgan fingerprint density at radius 2 is 1.65 bits per heavy atom. The number of methoxy groups -OCH3 is 2. The third-order valence-electron chi connectivity index (χ3n) is 2.34. The summed E-state index contributed by atoms with van der Waals surface area (Å²) in [5, 5.41) is 1.55. The smallest absolute Gasteiger partial charge is 0.148 e. The van der Waals surface area contributed by atoms with Crippen molar-refractivity contribution >= 4 is 45.7 Å². The first-order chi connectivity index (χ1) is 8.10. The second-order valence-corrected chi connectivity index (χ2v) is 4.40. The molecule has 0 aliphatic carbocycles. The van der Waals surface area contributed by atoms with Gasteiger partial charge in [-0.2, -0.15) is 0 Å². The largest absolute Gasteiger partial charge is 0.495 e. The summed E-state index contributed by atoms with van der Waals surface area (Å²) in [6.07, 6.45) is 1.46. The summed E-state index contributed by atoms with van der Waals surface area (Å²) < 4.78 is 10.4. The van der Waals surface area contributed by atoms with Crippen LogP contribution in [0.5, 0.6) is 11.5 Å². The average molecular weight is 293 g/mol.